The monoisotopic (exact) mass is 329 g/mol. The van der Waals surface area contributed by atoms with E-state index in [1.54, 1.807) is 0 Å². The van der Waals surface area contributed by atoms with E-state index in [0.717, 1.165) is 18.2 Å². The van der Waals surface area contributed by atoms with Crippen LogP contribution in [0.1, 0.15) is 17.3 Å². The summed E-state index contributed by atoms with van der Waals surface area (Å²) in [5.74, 6) is -5.08. The Morgan fingerprint density at radius 2 is 1.55 bits per heavy atom. The molecule has 0 saturated heterocycles. The molecule has 2 aromatic rings. The number of hydrogen-bond acceptors (Lipinski definition) is 3. The Morgan fingerprint density at radius 3 is 2.09 bits per heavy atom. The van der Waals surface area contributed by atoms with Gasteiger partial charge >= 0.3 is 0 Å². The minimum atomic E-state index is -4.20. The standard InChI is InChI=1S/C14H10F3NO3S/c1-8(19)9-2-4-10(5-3-9)22(20,21)18-12-7-6-11(15)13(16)14(12)17/h2-7,18H,1H3. The Bertz CT molecular complexity index is 833. The predicted molar refractivity (Wildman–Crippen MR) is 73.6 cm³/mol. The summed E-state index contributed by atoms with van der Waals surface area (Å²) in [5, 5.41) is 0. The van der Waals surface area contributed by atoms with Crippen LogP contribution >= 0.6 is 0 Å². The fourth-order valence-electron chi connectivity index (χ4n) is 1.68. The highest BCUT2D eigenvalue weighted by Gasteiger charge is 2.20. The van der Waals surface area contributed by atoms with E-state index in [1.807, 2.05) is 4.72 Å². The second kappa shape index (κ2) is 5.80. The summed E-state index contributed by atoms with van der Waals surface area (Å²) in [7, 11) is -4.20. The normalized spacial score (nSPS) is 11.3. The van der Waals surface area contributed by atoms with E-state index in [0.29, 0.717) is 11.6 Å². The average molecular weight is 329 g/mol. The number of halogens is 3. The van der Waals surface area contributed by atoms with Gasteiger partial charge in [-0.3, -0.25) is 9.52 Å². The quantitative estimate of drug-likeness (QED) is 0.692. The highest BCUT2D eigenvalue weighted by molar-refractivity contribution is 7.92. The van der Waals surface area contributed by atoms with Crippen LogP contribution in [0.5, 0.6) is 0 Å². The van der Waals surface area contributed by atoms with E-state index in [2.05, 4.69) is 0 Å². The van der Waals surface area contributed by atoms with Crippen LogP contribution in [-0.4, -0.2) is 14.2 Å². The molecule has 0 aromatic heterocycles. The molecule has 0 amide bonds. The van der Waals surface area contributed by atoms with Gasteiger partial charge in [-0.05, 0) is 31.2 Å². The van der Waals surface area contributed by atoms with Gasteiger partial charge in [-0.25, -0.2) is 21.6 Å². The van der Waals surface area contributed by atoms with Crippen molar-refractivity contribution in [2.24, 2.45) is 0 Å². The Morgan fingerprint density at radius 1 is 0.955 bits per heavy atom. The minimum Gasteiger partial charge on any atom is -0.295 e. The number of carbonyl (C=O) groups excluding carboxylic acids is 1. The Hall–Kier alpha value is -2.35. The Balaban J connectivity index is 2.36. The van der Waals surface area contributed by atoms with Gasteiger partial charge in [0.15, 0.2) is 23.2 Å². The van der Waals surface area contributed by atoms with Crippen molar-refractivity contribution in [1.82, 2.24) is 0 Å². The molecular weight excluding hydrogens is 319 g/mol. The zero-order valence-corrected chi connectivity index (χ0v) is 12.0. The largest absolute Gasteiger partial charge is 0.295 e. The van der Waals surface area contributed by atoms with E-state index < -0.39 is 33.2 Å². The molecule has 0 heterocycles. The first kappa shape index (κ1) is 16.0. The first-order valence-electron chi connectivity index (χ1n) is 5.99. The maximum absolute atomic E-state index is 13.5. The second-order valence-electron chi connectivity index (χ2n) is 4.41. The van der Waals surface area contributed by atoms with E-state index in [1.165, 1.54) is 19.1 Å². The van der Waals surface area contributed by atoms with Crippen molar-refractivity contribution in [2.45, 2.75) is 11.8 Å². The number of Topliss-reactive ketones (excluding diaryl/α,β-unsaturated/α-hetero) is 1. The summed E-state index contributed by atoms with van der Waals surface area (Å²) in [4.78, 5) is 10.9. The van der Waals surface area contributed by atoms with Crippen molar-refractivity contribution < 1.29 is 26.4 Å². The number of nitrogens with one attached hydrogen (secondary N) is 1. The molecule has 22 heavy (non-hydrogen) atoms. The van der Waals surface area contributed by atoms with Gasteiger partial charge in [-0.1, -0.05) is 12.1 Å². The maximum Gasteiger partial charge on any atom is 0.261 e. The number of hydrogen-bond donors (Lipinski definition) is 1. The highest BCUT2D eigenvalue weighted by Crippen LogP contribution is 2.23. The number of rotatable bonds is 4. The van der Waals surface area contributed by atoms with Gasteiger partial charge in [0, 0.05) is 5.56 Å². The summed E-state index contributed by atoms with van der Waals surface area (Å²) in [6.45, 7) is 1.32. The molecule has 0 spiro atoms. The van der Waals surface area contributed by atoms with Crippen LogP contribution in [0, 0.1) is 17.5 Å². The van der Waals surface area contributed by atoms with Gasteiger partial charge in [0.25, 0.3) is 10.0 Å². The molecular formula is C14H10F3NO3S. The molecule has 0 aliphatic carbocycles. The third-order valence-corrected chi connectivity index (χ3v) is 4.23. The van der Waals surface area contributed by atoms with Gasteiger partial charge < -0.3 is 0 Å². The lowest BCUT2D eigenvalue weighted by molar-refractivity contribution is 0.101. The van der Waals surface area contributed by atoms with E-state index in [9.17, 15) is 26.4 Å². The fraction of sp³-hybridized carbons (Fsp3) is 0.0714. The molecule has 0 unspecified atom stereocenters. The van der Waals surface area contributed by atoms with Crippen LogP contribution in [0.4, 0.5) is 18.9 Å². The van der Waals surface area contributed by atoms with Gasteiger partial charge in [0.2, 0.25) is 0 Å². The number of carbonyl (C=O) groups is 1. The van der Waals surface area contributed by atoms with Crippen LogP contribution in [0.2, 0.25) is 0 Å². The number of sulfonamides is 1. The SMILES string of the molecule is CC(=O)c1ccc(S(=O)(=O)Nc2ccc(F)c(F)c2F)cc1. The maximum atomic E-state index is 13.5. The van der Waals surface area contributed by atoms with Gasteiger partial charge in [-0.15, -0.1) is 0 Å². The minimum absolute atomic E-state index is 0.247. The van der Waals surface area contributed by atoms with Crippen molar-refractivity contribution in [3.8, 4) is 0 Å². The molecule has 0 radical (unpaired) electrons. The summed E-state index contributed by atoms with van der Waals surface area (Å²) in [5.41, 5.74) is -0.410. The molecule has 0 fully saturated rings. The summed E-state index contributed by atoms with van der Waals surface area (Å²) < 4.78 is 65.3. The van der Waals surface area contributed by atoms with Crippen molar-refractivity contribution in [3.05, 3.63) is 59.4 Å². The van der Waals surface area contributed by atoms with Crippen LogP contribution in [-0.2, 0) is 10.0 Å². The van der Waals surface area contributed by atoms with E-state index >= 15 is 0 Å². The Labute approximate surface area is 124 Å². The second-order valence-corrected chi connectivity index (χ2v) is 6.09. The molecule has 0 atom stereocenters. The molecule has 4 nitrogen and oxygen atoms in total. The topological polar surface area (TPSA) is 63.2 Å². The molecule has 1 N–H and O–H groups in total. The van der Waals surface area contributed by atoms with E-state index in [-0.39, 0.29) is 10.7 Å². The lowest BCUT2D eigenvalue weighted by Crippen LogP contribution is -2.15. The summed E-state index contributed by atoms with van der Waals surface area (Å²) in [6, 6.07) is 6.26. The zero-order valence-electron chi connectivity index (χ0n) is 11.2. The van der Waals surface area contributed by atoms with E-state index in [4.69, 9.17) is 0 Å². The first-order valence-corrected chi connectivity index (χ1v) is 7.48. The lowest BCUT2D eigenvalue weighted by Gasteiger charge is -2.10. The van der Waals surface area contributed by atoms with Crippen LogP contribution in [0.3, 0.4) is 0 Å². The van der Waals surface area contributed by atoms with Crippen LogP contribution in [0.15, 0.2) is 41.3 Å². The van der Waals surface area contributed by atoms with Gasteiger partial charge in [0.05, 0.1) is 10.6 Å². The highest BCUT2D eigenvalue weighted by atomic mass is 32.2. The van der Waals surface area contributed by atoms with Gasteiger partial charge in [-0.2, -0.15) is 0 Å². The predicted octanol–water partition coefficient (Wildman–Crippen LogP) is 3.11. The molecule has 2 aromatic carbocycles. The average Bonchev–Trinajstić information content (AvgIpc) is 2.48. The van der Waals surface area contributed by atoms with Crippen molar-refractivity contribution in [2.75, 3.05) is 4.72 Å². The lowest BCUT2D eigenvalue weighted by atomic mass is 10.2. The van der Waals surface area contributed by atoms with Crippen molar-refractivity contribution in [3.63, 3.8) is 0 Å². The fourth-order valence-corrected chi connectivity index (χ4v) is 2.74. The molecule has 116 valence electrons. The first-order chi connectivity index (χ1) is 10.2. The zero-order chi connectivity index (χ0) is 16.5. The number of benzene rings is 2. The smallest absolute Gasteiger partial charge is 0.261 e. The molecule has 8 heteroatoms. The molecule has 0 saturated carbocycles. The molecule has 0 aliphatic rings. The molecule has 0 bridgehead atoms. The number of anilines is 1. The van der Waals surface area contributed by atoms with Crippen LogP contribution in [0.25, 0.3) is 0 Å². The van der Waals surface area contributed by atoms with Crippen molar-refractivity contribution in [1.29, 1.82) is 0 Å². The third kappa shape index (κ3) is 3.11. The van der Waals surface area contributed by atoms with Crippen LogP contribution < -0.4 is 4.72 Å². The molecule has 2 rings (SSSR count). The summed E-state index contributed by atoms with van der Waals surface area (Å²) in [6.07, 6.45) is 0. The third-order valence-electron chi connectivity index (χ3n) is 2.85. The molecule has 0 aliphatic heterocycles. The number of ketones is 1. The van der Waals surface area contributed by atoms with Crippen molar-refractivity contribution >= 4 is 21.5 Å². The summed E-state index contributed by atoms with van der Waals surface area (Å²) >= 11 is 0. The van der Waals surface area contributed by atoms with Gasteiger partial charge in [0.1, 0.15) is 0 Å². The Kier molecular flexibility index (Phi) is 4.23.